The molecule has 126 valence electrons. The Balaban J connectivity index is 1.55. The molecule has 2 aliphatic rings. The van der Waals surface area contributed by atoms with Crippen molar-refractivity contribution in [2.75, 3.05) is 26.2 Å². The van der Waals surface area contributed by atoms with Gasteiger partial charge in [0, 0.05) is 44.2 Å². The Morgan fingerprint density at radius 2 is 1.91 bits per heavy atom. The molecule has 2 saturated heterocycles. The molecule has 1 aromatic carbocycles. The van der Waals surface area contributed by atoms with Crippen LogP contribution in [0.25, 0.3) is 0 Å². The number of rotatable bonds is 2. The molecule has 0 bridgehead atoms. The van der Waals surface area contributed by atoms with Crippen molar-refractivity contribution in [3.05, 3.63) is 35.9 Å². The summed E-state index contributed by atoms with van der Waals surface area (Å²) in [7, 11) is 0. The van der Waals surface area contributed by atoms with Gasteiger partial charge in [-0.3, -0.25) is 4.90 Å². The summed E-state index contributed by atoms with van der Waals surface area (Å²) in [5.74, 6) is 0. The second-order valence-electron chi connectivity index (χ2n) is 7.96. The van der Waals surface area contributed by atoms with E-state index in [1.165, 1.54) is 5.56 Å². The third kappa shape index (κ3) is 3.51. The van der Waals surface area contributed by atoms with Gasteiger partial charge in [0.05, 0.1) is 0 Å². The average Bonchev–Trinajstić information content (AvgIpc) is 2.72. The zero-order valence-electron chi connectivity index (χ0n) is 14.3. The lowest BCUT2D eigenvalue weighted by Crippen LogP contribution is -2.65. The average molecular weight is 317 g/mol. The summed E-state index contributed by atoms with van der Waals surface area (Å²) in [6.07, 6.45) is -0.225. The maximum atomic E-state index is 12.1. The molecule has 0 saturated carbocycles. The van der Waals surface area contributed by atoms with Crippen LogP contribution in [0.1, 0.15) is 26.3 Å². The second kappa shape index (κ2) is 5.80. The summed E-state index contributed by atoms with van der Waals surface area (Å²) in [6.45, 7) is 9.83. The smallest absolute Gasteiger partial charge is 0.410 e. The van der Waals surface area contributed by atoms with Crippen LogP contribution in [-0.4, -0.2) is 53.7 Å². The highest BCUT2D eigenvalue weighted by atomic mass is 16.6. The van der Waals surface area contributed by atoms with Crippen LogP contribution in [0, 0.1) is 5.41 Å². The summed E-state index contributed by atoms with van der Waals surface area (Å²) in [5, 5.41) is 0. The minimum absolute atomic E-state index is 0.0334. The first-order valence-electron chi connectivity index (χ1n) is 8.27. The first kappa shape index (κ1) is 16.3. The largest absolute Gasteiger partial charge is 0.444 e. The van der Waals surface area contributed by atoms with E-state index in [1.54, 1.807) is 4.90 Å². The number of nitrogens with zero attached hydrogens (tertiary/aromatic N) is 2. The van der Waals surface area contributed by atoms with Crippen molar-refractivity contribution >= 4 is 6.09 Å². The van der Waals surface area contributed by atoms with Crippen molar-refractivity contribution in [3.63, 3.8) is 0 Å². The van der Waals surface area contributed by atoms with Crippen molar-refractivity contribution in [3.8, 4) is 0 Å². The molecule has 2 N–H and O–H groups in total. The van der Waals surface area contributed by atoms with Crippen LogP contribution in [0.4, 0.5) is 4.79 Å². The maximum Gasteiger partial charge on any atom is 0.410 e. The van der Waals surface area contributed by atoms with Crippen LogP contribution in [0.3, 0.4) is 0 Å². The lowest BCUT2D eigenvalue weighted by atomic mass is 9.76. The molecule has 3 rings (SSSR count). The van der Waals surface area contributed by atoms with Crippen LogP contribution in [0.15, 0.2) is 30.3 Å². The summed E-state index contributed by atoms with van der Waals surface area (Å²) in [4.78, 5) is 16.3. The topological polar surface area (TPSA) is 58.8 Å². The minimum Gasteiger partial charge on any atom is -0.444 e. The predicted molar refractivity (Wildman–Crippen MR) is 89.9 cm³/mol. The normalized spacial score (nSPS) is 23.8. The molecular formula is C18H27N3O2. The van der Waals surface area contributed by atoms with Crippen molar-refractivity contribution < 1.29 is 9.53 Å². The fourth-order valence-corrected chi connectivity index (χ4v) is 3.57. The van der Waals surface area contributed by atoms with Crippen LogP contribution in [0.2, 0.25) is 0 Å². The van der Waals surface area contributed by atoms with Gasteiger partial charge in [-0.2, -0.15) is 0 Å². The lowest BCUT2D eigenvalue weighted by molar-refractivity contribution is -0.0350. The van der Waals surface area contributed by atoms with E-state index in [4.69, 9.17) is 10.5 Å². The Morgan fingerprint density at radius 3 is 2.52 bits per heavy atom. The van der Waals surface area contributed by atoms with Crippen molar-refractivity contribution in [1.82, 2.24) is 9.80 Å². The van der Waals surface area contributed by atoms with Crippen molar-refractivity contribution in [1.29, 1.82) is 0 Å². The highest BCUT2D eigenvalue weighted by Gasteiger charge is 2.54. The predicted octanol–water partition coefficient (Wildman–Crippen LogP) is 2.07. The monoisotopic (exact) mass is 317 g/mol. The van der Waals surface area contributed by atoms with Gasteiger partial charge in [-0.25, -0.2) is 4.79 Å². The Hall–Kier alpha value is -1.59. The molecule has 1 unspecified atom stereocenters. The molecular weight excluding hydrogens is 290 g/mol. The van der Waals surface area contributed by atoms with Gasteiger partial charge >= 0.3 is 6.09 Å². The quantitative estimate of drug-likeness (QED) is 0.907. The number of benzene rings is 1. The standard InChI is InChI=1S/C18H27N3O2/c1-17(2,3)23-16(22)21-12-18(13-21)11-20(10-15(18)19)9-14-7-5-4-6-8-14/h4-8,15H,9-13,19H2,1-3H3. The Bertz CT molecular complexity index is 561. The molecule has 2 heterocycles. The van der Waals surface area contributed by atoms with E-state index in [0.29, 0.717) is 13.1 Å². The Labute approximate surface area is 138 Å². The number of hydrogen-bond acceptors (Lipinski definition) is 4. The number of hydrogen-bond donors (Lipinski definition) is 1. The van der Waals surface area contributed by atoms with Crippen molar-refractivity contribution in [2.24, 2.45) is 11.1 Å². The molecule has 0 aliphatic carbocycles. The number of amides is 1. The SMILES string of the molecule is CC(C)(C)OC(=O)N1CC2(CN(Cc3ccccc3)CC2N)C1. The van der Waals surface area contributed by atoms with E-state index in [1.807, 2.05) is 26.8 Å². The first-order chi connectivity index (χ1) is 10.8. The number of carbonyl (C=O) groups is 1. The van der Waals surface area contributed by atoms with Gasteiger partial charge in [-0.15, -0.1) is 0 Å². The minimum atomic E-state index is -0.447. The van der Waals surface area contributed by atoms with E-state index in [0.717, 1.165) is 19.6 Å². The molecule has 1 spiro atoms. The zero-order valence-corrected chi connectivity index (χ0v) is 14.3. The lowest BCUT2D eigenvalue weighted by Gasteiger charge is -2.49. The van der Waals surface area contributed by atoms with Gasteiger partial charge in [0.15, 0.2) is 0 Å². The van der Waals surface area contributed by atoms with Gasteiger partial charge in [-0.1, -0.05) is 30.3 Å². The van der Waals surface area contributed by atoms with Crippen LogP contribution in [-0.2, 0) is 11.3 Å². The molecule has 0 aromatic heterocycles. The molecule has 0 radical (unpaired) electrons. The van der Waals surface area contributed by atoms with Crippen LogP contribution >= 0.6 is 0 Å². The highest BCUT2D eigenvalue weighted by Crippen LogP contribution is 2.39. The third-order valence-electron chi connectivity index (χ3n) is 4.69. The van der Waals surface area contributed by atoms with Crippen LogP contribution in [0.5, 0.6) is 0 Å². The van der Waals surface area contributed by atoms with Gasteiger partial charge in [0.1, 0.15) is 5.60 Å². The molecule has 23 heavy (non-hydrogen) atoms. The van der Waals surface area contributed by atoms with E-state index in [-0.39, 0.29) is 17.6 Å². The fraction of sp³-hybridized carbons (Fsp3) is 0.611. The number of nitrogens with two attached hydrogens (primary N) is 1. The Morgan fingerprint density at radius 1 is 1.26 bits per heavy atom. The summed E-state index contributed by atoms with van der Waals surface area (Å²) in [5.41, 5.74) is 7.28. The maximum absolute atomic E-state index is 12.1. The highest BCUT2D eigenvalue weighted by molar-refractivity contribution is 5.69. The second-order valence-corrected chi connectivity index (χ2v) is 7.96. The summed E-state index contributed by atoms with van der Waals surface area (Å²) in [6, 6.07) is 10.6. The number of likely N-dealkylation sites (tertiary alicyclic amines) is 2. The van der Waals surface area contributed by atoms with Crippen molar-refractivity contribution in [2.45, 2.75) is 39.0 Å². The molecule has 2 fully saturated rings. The van der Waals surface area contributed by atoms with Gasteiger partial charge in [0.25, 0.3) is 0 Å². The van der Waals surface area contributed by atoms with E-state index in [9.17, 15) is 4.79 Å². The summed E-state index contributed by atoms with van der Waals surface area (Å²) < 4.78 is 5.43. The van der Waals surface area contributed by atoms with E-state index in [2.05, 4.69) is 29.2 Å². The zero-order chi connectivity index (χ0) is 16.7. The van der Waals surface area contributed by atoms with Gasteiger partial charge < -0.3 is 15.4 Å². The number of ether oxygens (including phenoxy) is 1. The third-order valence-corrected chi connectivity index (χ3v) is 4.69. The summed E-state index contributed by atoms with van der Waals surface area (Å²) >= 11 is 0. The molecule has 2 aliphatic heterocycles. The molecule has 1 amide bonds. The molecule has 5 heteroatoms. The van der Waals surface area contributed by atoms with Gasteiger partial charge in [0.2, 0.25) is 0 Å². The van der Waals surface area contributed by atoms with Gasteiger partial charge in [-0.05, 0) is 26.3 Å². The first-order valence-corrected chi connectivity index (χ1v) is 8.27. The molecule has 5 nitrogen and oxygen atoms in total. The Kier molecular flexibility index (Phi) is 4.10. The molecule has 1 aromatic rings. The number of carbonyl (C=O) groups excluding carboxylic acids is 1. The van der Waals surface area contributed by atoms with Crippen LogP contribution < -0.4 is 5.73 Å². The fourth-order valence-electron chi connectivity index (χ4n) is 3.57. The van der Waals surface area contributed by atoms with E-state index >= 15 is 0 Å². The van der Waals surface area contributed by atoms with E-state index < -0.39 is 5.60 Å². The molecule has 1 atom stereocenters.